The average molecular weight is 305 g/mol. The summed E-state index contributed by atoms with van der Waals surface area (Å²) in [7, 11) is 1.64. The van der Waals surface area contributed by atoms with Gasteiger partial charge in [-0.3, -0.25) is 0 Å². The van der Waals surface area contributed by atoms with Crippen LogP contribution in [-0.2, 0) is 0 Å². The number of benzene rings is 1. The molecule has 0 atom stereocenters. The summed E-state index contributed by atoms with van der Waals surface area (Å²) in [5.74, 6) is 0.763. The Labute approximate surface area is 93.8 Å². The molecule has 0 spiro atoms. The van der Waals surface area contributed by atoms with Gasteiger partial charge in [-0.25, -0.2) is 0 Å². The van der Waals surface area contributed by atoms with Crippen LogP contribution in [0.3, 0.4) is 0 Å². The molecule has 1 aromatic carbocycles. The van der Waals surface area contributed by atoms with Gasteiger partial charge in [-0.05, 0) is 40.1 Å². The van der Waals surface area contributed by atoms with Crippen LogP contribution in [-0.4, -0.2) is 7.11 Å². The number of ether oxygens (including phenoxy) is 1. The molecule has 2 rings (SSSR count). The van der Waals surface area contributed by atoms with E-state index in [-0.39, 0.29) is 0 Å². The number of anilines is 1. The zero-order valence-corrected chi connectivity index (χ0v) is 9.98. The van der Waals surface area contributed by atoms with Gasteiger partial charge in [-0.2, -0.15) is 0 Å². The average Bonchev–Trinajstić information content (AvgIpc) is 2.60. The second-order valence-electron chi connectivity index (χ2n) is 2.64. The Morgan fingerprint density at radius 1 is 1.54 bits per heavy atom. The maximum atomic E-state index is 5.92. The standard InChI is InChI=1S/C9H8INOS/c1-12-7-4-6(10)5-2-3-13-9(5)8(7)11/h2-4H,11H2,1H3. The van der Waals surface area contributed by atoms with Crippen LogP contribution in [0, 0.1) is 3.57 Å². The Bertz CT molecular complexity index is 452. The van der Waals surface area contributed by atoms with Crippen LogP contribution in [0.1, 0.15) is 0 Å². The molecule has 2 aromatic rings. The van der Waals surface area contributed by atoms with Crippen molar-refractivity contribution >= 4 is 49.7 Å². The van der Waals surface area contributed by atoms with Gasteiger partial charge in [0.2, 0.25) is 0 Å². The Balaban J connectivity index is 2.85. The number of rotatable bonds is 1. The van der Waals surface area contributed by atoms with Crippen molar-refractivity contribution in [1.29, 1.82) is 0 Å². The van der Waals surface area contributed by atoms with E-state index in [0.29, 0.717) is 0 Å². The van der Waals surface area contributed by atoms with Crippen LogP contribution in [0.15, 0.2) is 17.5 Å². The van der Waals surface area contributed by atoms with Crippen LogP contribution in [0.5, 0.6) is 5.75 Å². The van der Waals surface area contributed by atoms with Gasteiger partial charge >= 0.3 is 0 Å². The summed E-state index contributed by atoms with van der Waals surface area (Å²) in [5.41, 5.74) is 6.67. The van der Waals surface area contributed by atoms with E-state index in [2.05, 4.69) is 28.7 Å². The lowest BCUT2D eigenvalue weighted by Crippen LogP contribution is -1.93. The van der Waals surface area contributed by atoms with Crippen LogP contribution in [0.4, 0.5) is 5.69 Å². The molecule has 0 amide bonds. The number of hydrogen-bond donors (Lipinski definition) is 1. The third-order valence-corrected chi connectivity index (χ3v) is 3.75. The third-order valence-electron chi connectivity index (χ3n) is 1.91. The van der Waals surface area contributed by atoms with Gasteiger partial charge in [0.25, 0.3) is 0 Å². The minimum atomic E-state index is 0.743. The van der Waals surface area contributed by atoms with Crippen molar-refractivity contribution in [2.24, 2.45) is 0 Å². The van der Waals surface area contributed by atoms with E-state index < -0.39 is 0 Å². The molecule has 0 aliphatic heterocycles. The zero-order chi connectivity index (χ0) is 9.42. The Hall–Kier alpha value is -0.490. The third kappa shape index (κ3) is 1.38. The number of hydrogen-bond acceptors (Lipinski definition) is 3. The molecule has 1 aromatic heterocycles. The molecule has 0 bridgehead atoms. The number of thiophene rings is 1. The van der Waals surface area contributed by atoms with Crippen LogP contribution in [0.25, 0.3) is 10.1 Å². The second kappa shape index (κ2) is 3.34. The fourth-order valence-electron chi connectivity index (χ4n) is 1.26. The molecule has 0 fully saturated rings. The quantitative estimate of drug-likeness (QED) is 0.649. The number of fused-ring (bicyclic) bond motifs is 1. The molecule has 13 heavy (non-hydrogen) atoms. The van der Waals surface area contributed by atoms with Gasteiger partial charge in [0.05, 0.1) is 17.5 Å². The van der Waals surface area contributed by atoms with Crippen molar-refractivity contribution in [2.75, 3.05) is 12.8 Å². The molecule has 2 nitrogen and oxygen atoms in total. The van der Waals surface area contributed by atoms with Gasteiger partial charge in [0.1, 0.15) is 5.75 Å². The first kappa shape index (κ1) is 9.08. The highest BCUT2D eigenvalue weighted by Crippen LogP contribution is 2.37. The lowest BCUT2D eigenvalue weighted by Gasteiger charge is -2.06. The van der Waals surface area contributed by atoms with E-state index in [4.69, 9.17) is 10.5 Å². The first-order valence-electron chi connectivity index (χ1n) is 3.73. The maximum Gasteiger partial charge on any atom is 0.144 e. The van der Waals surface area contributed by atoms with Gasteiger partial charge in [-0.15, -0.1) is 11.3 Å². The Kier molecular flexibility index (Phi) is 2.33. The van der Waals surface area contributed by atoms with E-state index in [9.17, 15) is 0 Å². The first-order valence-corrected chi connectivity index (χ1v) is 5.69. The molecule has 0 aliphatic rings. The van der Waals surface area contributed by atoms with E-state index in [1.54, 1.807) is 18.4 Å². The van der Waals surface area contributed by atoms with E-state index in [1.165, 1.54) is 8.96 Å². The van der Waals surface area contributed by atoms with E-state index in [1.807, 2.05) is 11.4 Å². The summed E-state index contributed by atoms with van der Waals surface area (Å²) in [6, 6.07) is 4.04. The number of nitrogens with two attached hydrogens (primary N) is 1. The second-order valence-corrected chi connectivity index (χ2v) is 4.72. The van der Waals surface area contributed by atoms with E-state index in [0.717, 1.165) is 16.1 Å². The zero-order valence-electron chi connectivity index (χ0n) is 7.00. The fourth-order valence-corrected chi connectivity index (χ4v) is 3.05. The van der Waals surface area contributed by atoms with Crippen molar-refractivity contribution < 1.29 is 4.74 Å². The molecule has 0 saturated heterocycles. The molecule has 0 saturated carbocycles. The molecule has 0 radical (unpaired) electrons. The summed E-state index contributed by atoms with van der Waals surface area (Å²) in [5, 5.41) is 3.26. The van der Waals surface area contributed by atoms with Gasteiger partial charge < -0.3 is 10.5 Å². The minimum Gasteiger partial charge on any atom is -0.495 e. The van der Waals surface area contributed by atoms with Crippen molar-refractivity contribution in [3.8, 4) is 5.75 Å². The van der Waals surface area contributed by atoms with Crippen LogP contribution < -0.4 is 10.5 Å². The number of halogens is 1. The van der Waals surface area contributed by atoms with Gasteiger partial charge in [0.15, 0.2) is 0 Å². The van der Waals surface area contributed by atoms with Crippen LogP contribution in [0.2, 0.25) is 0 Å². The van der Waals surface area contributed by atoms with Crippen molar-refractivity contribution in [1.82, 2.24) is 0 Å². The summed E-state index contributed by atoms with van der Waals surface area (Å²) in [6.45, 7) is 0. The first-order chi connectivity index (χ1) is 6.24. The normalized spacial score (nSPS) is 10.6. The van der Waals surface area contributed by atoms with Crippen LogP contribution >= 0.6 is 33.9 Å². The number of nitrogen functional groups attached to an aromatic ring is 1. The van der Waals surface area contributed by atoms with Gasteiger partial charge in [-0.1, -0.05) is 0 Å². The summed E-state index contributed by atoms with van der Waals surface area (Å²) >= 11 is 3.94. The van der Waals surface area contributed by atoms with Gasteiger partial charge in [0, 0.05) is 8.96 Å². The summed E-state index contributed by atoms with van der Waals surface area (Å²) < 4.78 is 7.48. The summed E-state index contributed by atoms with van der Waals surface area (Å²) in [4.78, 5) is 0. The molecule has 4 heteroatoms. The predicted molar refractivity (Wildman–Crippen MR) is 65.5 cm³/mol. The largest absolute Gasteiger partial charge is 0.495 e. The van der Waals surface area contributed by atoms with Crippen molar-refractivity contribution in [3.63, 3.8) is 0 Å². The monoisotopic (exact) mass is 305 g/mol. The molecule has 68 valence electrons. The maximum absolute atomic E-state index is 5.92. The van der Waals surface area contributed by atoms with E-state index >= 15 is 0 Å². The molecule has 0 unspecified atom stereocenters. The molecule has 2 N–H and O–H groups in total. The lowest BCUT2D eigenvalue weighted by molar-refractivity contribution is 0.417. The SMILES string of the molecule is COc1cc(I)c2ccsc2c1N. The highest BCUT2D eigenvalue weighted by atomic mass is 127. The highest BCUT2D eigenvalue weighted by molar-refractivity contribution is 14.1. The highest BCUT2D eigenvalue weighted by Gasteiger charge is 2.09. The number of methoxy groups -OCH3 is 1. The Morgan fingerprint density at radius 2 is 2.31 bits per heavy atom. The summed E-state index contributed by atoms with van der Waals surface area (Å²) in [6.07, 6.45) is 0. The molecule has 1 heterocycles. The van der Waals surface area contributed by atoms with Crippen molar-refractivity contribution in [2.45, 2.75) is 0 Å². The predicted octanol–water partition coefficient (Wildman–Crippen LogP) is 3.10. The smallest absolute Gasteiger partial charge is 0.144 e. The molecular weight excluding hydrogens is 297 g/mol. The Morgan fingerprint density at radius 3 is 3.00 bits per heavy atom. The molecule has 0 aliphatic carbocycles. The molecular formula is C9H8INOS. The topological polar surface area (TPSA) is 35.2 Å². The minimum absolute atomic E-state index is 0.743. The lowest BCUT2D eigenvalue weighted by atomic mass is 10.2. The van der Waals surface area contributed by atoms with Crippen molar-refractivity contribution in [3.05, 3.63) is 21.1 Å². The fraction of sp³-hybridized carbons (Fsp3) is 0.111.